The van der Waals surface area contributed by atoms with Gasteiger partial charge in [-0.2, -0.15) is 4.39 Å². The number of fused-ring (bicyclic) bond motifs is 1. The van der Waals surface area contributed by atoms with E-state index in [0.717, 1.165) is 16.5 Å². The number of hydrogen-bond donors (Lipinski definition) is 2. The number of nitrogens with one attached hydrogen (secondary N) is 2. The van der Waals surface area contributed by atoms with Crippen LogP contribution in [-0.4, -0.2) is 32.4 Å². The molecule has 11 heteroatoms. The van der Waals surface area contributed by atoms with Gasteiger partial charge in [0.25, 0.3) is 5.34 Å². The molecular formula is C20H24FN3O4P2S. The van der Waals surface area contributed by atoms with Crippen LogP contribution in [0.1, 0.15) is 11.1 Å². The van der Waals surface area contributed by atoms with Crippen LogP contribution >= 0.6 is 18.5 Å². The van der Waals surface area contributed by atoms with Crippen molar-refractivity contribution in [1.82, 2.24) is 4.72 Å². The van der Waals surface area contributed by atoms with Crippen molar-refractivity contribution in [3.05, 3.63) is 65.6 Å². The minimum atomic E-state index is -3.65. The van der Waals surface area contributed by atoms with Crippen LogP contribution in [0.2, 0.25) is 0 Å². The van der Waals surface area contributed by atoms with E-state index in [-0.39, 0.29) is 6.54 Å². The van der Waals surface area contributed by atoms with Gasteiger partial charge >= 0.3 is 6.03 Å². The molecule has 7 nitrogen and oxygen atoms in total. The van der Waals surface area contributed by atoms with Gasteiger partial charge in [-0.3, -0.25) is 4.90 Å². The van der Waals surface area contributed by atoms with Crippen molar-refractivity contribution in [3.8, 4) is 5.75 Å². The number of alkyl halides is 1. The summed E-state index contributed by atoms with van der Waals surface area (Å²) >= 11 is 0. The van der Waals surface area contributed by atoms with Crippen LogP contribution < -0.4 is 19.7 Å². The number of sulfonamides is 1. The molecule has 2 N–H and O–H groups in total. The Morgan fingerprint density at radius 3 is 2.58 bits per heavy atom. The number of benzene rings is 2. The highest BCUT2D eigenvalue weighted by Crippen LogP contribution is 2.33. The van der Waals surface area contributed by atoms with E-state index in [0.29, 0.717) is 23.5 Å². The average Bonchev–Trinajstić information content (AvgIpc) is 2.67. The fourth-order valence-corrected chi connectivity index (χ4v) is 4.31. The monoisotopic (exact) mass is 483 g/mol. The number of aryl methyl sites for hydroxylation is 1. The Kier molecular flexibility index (Phi) is 7.01. The maximum Gasteiger partial charge on any atom is 0.326 e. The zero-order valence-electron chi connectivity index (χ0n) is 16.8. The molecule has 1 aliphatic rings. The van der Waals surface area contributed by atoms with E-state index in [2.05, 4.69) is 16.6 Å². The molecule has 2 aromatic rings. The van der Waals surface area contributed by atoms with Gasteiger partial charge in [-0.1, -0.05) is 24.3 Å². The van der Waals surface area contributed by atoms with Gasteiger partial charge in [0.1, 0.15) is 5.75 Å². The highest BCUT2D eigenvalue weighted by atomic mass is 32.2. The van der Waals surface area contributed by atoms with Crippen molar-refractivity contribution >= 4 is 45.9 Å². The molecule has 2 amide bonds. The summed E-state index contributed by atoms with van der Waals surface area (Å²) in [6.45, 7) is 5.40. The van der Waals surface area contributed by atoms with Gasteiger partial charge in [-0.25, -0.2) is 17.9 Å². The fraction of sp³-hybridized carbons (Fsp3) is 0.250. The molecule has 0 saturated heterocycles. The topological polar surface area (TPSA) is 87.7 Å². The van der Waals surface area contributed by atoms with E-state index in [1.165, 1.54) is 17.0 Å². The summed E-state index contributed by atoms with van der Waals surface area (Å²) in [5, 5.41) is 1.66. The molecule has 0 bridgehead atoms. The fourth-order valence-electron chi connectivity index (χ4n) is 3.32. The number of carbonyl (C=O) groups excluding carboxylic acids is 1. The first-order valence-electron chi connectivity index (χ1n) is 9.34. The second-order valence-corrected chi connectivity index (χ2v) is 11.1. The lowest BCUT2D eigenvalue weighted by Gasteiger charge is -2.35. The van der Waals surface area contributed by atoms with E-state index in [4.69, 9.17) is 4.74 Å². The molecule has 0 aromatic heterocycles. The first-order valence-corrected chi connectivity index (χ1v) is 12.0. The molecule has 3 atom stereocenters. The first-order chi connectivity index (χ1) is 14.5. The quantitative estimate of drug-likeness (QED) is 0.613. The molecule has 3 rings (SSSR count). The van der Waals surface area contributed by atoms with Gasteiger partial charge < -0.3 is 10.1 Å². The highest BCUT2D eigenvalue weighted by Gasteiger charge is 2.30. The van der Waals surface area contributed by atoms with E-state index in [9.17, 15) is 17.6 Å². The number of halogens is 1. The van der Waals surface area contributed by atoms with Crippen molar-refractivity contribution in [2.75, 3.05) is 16.8 Å². The molecule has 31 heavy (non-hydrogen) atoms. The predicted molar refractivity (Wildman–Crippen MR) is 128 cm³/mol. The third kappa shape index (κ3) is 6.47. The zero-order chi connectivity index (χ0) is 22.8. The van der Waals surface area contributed by atoms with Crippen molar-refractivity contribution in [3.63, 3.8) is 0 Å². The van der Waals surface area contributed by atoms with Crippen LogP contribution in [0.25, 0.3) is 0 Å². The number of rotatable bonds is 6. The van der Waals surface area contributed by atoms with Crippen LogP contribution in [0.4, 0.5) is 20.6 Å². The van der Waals surface area contributed by atoms with Crippen molar-refractivity contribution in [1.29, 1.82) is 0 Å². The summed E-state index contributed by atoms with van der Waals surface area (Å²) in [4.78, 5) is 14.5. The minimum Gasteiger partial charge on any atom is -0.452 e. The Hall–Kier alpha value is -2.05. The van der Waals surface area contributed by atoms with E-state index < -0.39 is 27.4 Å². The van der Waals surface area contributed by atoms with Gasteiger partial charge in [-0.15, -0.1) is 0 Å². The van der Waals surface area contributed by atoms with Crippen LogP contribution in [0.5, 0.6) is 5.75 Å². The van der Waals surface area contributed by atoms with Crippen molar-refractivity contribution < 1.29 is 22.3 Å². The smallest absolute Gasteiger partial charge is 0.326 e. The maximum absolute atomic E-state index is 13.5. The minimum absolute atomic E-state index is 0.153. The number of nitrogens with zero attached hydrogens (tertiary/aromatic N) is 1. The van der Waals surface area contributed by atoms with Gasteiger partial charge in [-0.05, 0) is 67.7 Å². The normalized spacial score (nSPS) is 16.4. The van der Waals surface area contributed by atoms with Crippen LogP contribution in [0.3, 0.4) is 0 Å². The lowest BCUT2D eigenvalue weighted by molar-refractivity contribution is 0.117. The predicted octanol–water partition coefficient (Wildman–Crippen LogP) is 3.73. The summed E-state index contributed by atoms with van der Waals surface area (Å²) < 4.78 is 45.1. The Morgan fingerprint density at radius 2 is 1.97 bits per heavy atom. The number of ether oxygens (including phenoxy) is 1. The average molecular weight is 483 g/mol. The molecule has 0 fully saturated rings. The number of hydrogen-bond acceptors (Lipinski definition) is 4. The molecule has 0 spiro atoms. The molecule has 0 saturated carbocycles. The number of anilines is 2. The standard InChI is InChI=1S/C20H24FN3O4P2S/c1-3-31(26,27)23-16-11-14-10-13(2)4-9-18(14)24(12-16)19(25)22-15-5-7-17(8-6-15)28-20(21,29)30/h3-10,16,23H,1,11-12,29-30H2,2H3,(H,22,25). The molecular weight excluding hydrogens is 459 g/mol. The summed E-state index contributed by atoms with van der Waals surface area (Å²) in [6.07, 6.45) is 0.453. The molecule has 0 aliphatic carbocycles. The number of urea groups is 1. The highest BCUT2D eigenvalue weighted by molar-refractivity contribution is 7.92. The lowest BCUT2D eigenvalue weighted by atomic mass is 9.97. The first kappa shape index (κ1) is 23.6. The largest absolute Gasteiger partial charge is 0.452 e. The van der Waals surface area contributed by atoms with Crippen LogP contribution in [-0.2, 0) is 16.4 Å². The van der Waals surface area contributed by atoms with Crippen molar-refractivity contribution in [2.24, 2.45) is 0 Å². The summed E-state index contributed by atoms with van der Waals surface area (Å²) in [6, 6.07) is 11.0. The second kappa shape index (κ2) is 9.21. The lowest BCUT2D eigenvalue weighted by Crippen LogP contribution is -2.51. The molecule has 3 unspecified atom stereocenters. The van der Waals surface area contributed by atoms with Crippen LogP contribution in [0.15, 0.2) is 54.5 Å². The molecule has 1 aliphatic heterocycles. The van der Waals surface area contributed by atoms with Crippen molar-refractivity contribution in [2.45, 2.75) is 24.7 Å². The SMILES string of the molecule is C=CS(=O)(=O)NC1Cc2cc(C)ccc2N(C(=O)Nc2ccc(OC(F)(P)P)cc2)C1. The zero-order valence-corrected chi connectivity index (χ0v) is 20.0. The Bertz CT molecular complexity index is 1090. The van der Waals surface area contributed by atoms with Gasteiger partial charge in [0, 0.05) is 29.4 Å². The third-order valence-electron chi connectivity index (χ3n) is 4.57. The summed E-state index contributed by atoms with van der Waals surface area (Å²) in [7, 11) is 0.171. The summed E-state index contributed by atoms with van der Waals surface area (Å²) in [5.41, 5.74) is 3.07. The van der Waals surface area contributed by atoms with E-state index in [1.54, 1.807) is 12.1 Å². The van der Waals surface area contributed by atoms with Crippen LogP contribution in [0, 0.1) is 6.92 Å². The Balaban J connectivity index is 1.81. The maximum atomic E-state index is 13.5. The van der Waals surface area contributed by atoms with Gasteiger partial charge in [0.15, 0.2) is 0 Å². The second-order valence-electron chi connectivity index (χ2n) is 7.23. The molecule has 0 radical (unpaired) electrons. The molecule has 2 aromatic carbocycles. The van der Waals surface area contributed by atoms with E-state index in [1.807, 2.05) is 43.6 Å². The molecule has 1 heterocycles. The Labute approximate surface area is 185 Å². The third-order valence-corrected chi connectivity index (χ3v) is 5.91. The summed E-state index contributed by atoms with van der Waals surface area (Å²) in [5.74, 6) is 0.295. The number of carbonyl (C=O) groups is 1. The molecule has 166 valence electrons. The van der Waals surface area contributed by atoms with Gasteiger partial charge in [0.05, 0.1) is 0 Å². The number of amides is 2. The van der Waals surface area contributed by atoms with E-state index >= 15 is 0 Å². The van der Waals surface area contributed by atoms with Gasteiger partial charge in [0.2, 0.25) is 10.0 Å². The Morgan fingerprint density at radius 1 is 1.29 bits per heavy atom.